The molecule has 0 saturated heterocycles. The lowest BCUT2D eigenvalue weighted by atomic mass is 9.97. The summed E-state index contributed by atoms with van der Waals surface area (Å²) < 4.78 is 6.51. The molecule has 0 saturated carbocycles. The molecule has 0 aliphatic heterocycles. The van der Waals surface area contributed by atoms with E-state index in [-0.39, 0.29) is 5.91 Å². The Morgan fingerprint density at radius 3 is 2.45 bits per heavy atom. The van der Waals surface area contributed by atoms with Crippen LogP contribution in [0.4, 0.5) is 0 Å². The number of carbonyl (C=O) groups is 1. The number of amides is 1. The van der Waals surface area contributed by atoms with Gasteiger partial charge >= 0.3 is 0 Å². The highest BCUT2D eigenvalue weighted by atomic mass is 127. The van der Waals surface area contributed by atoms with E-state index in [2.05, 4.69) is 46.9 Å². The van der Waals surface area contributed by atoms with E-state index in [0.717, 1.165) is 16.7 Å². The van der Waals surface area contributed by atoms with Gasteiger partial charge < -0.3 is 9.64 Å². The second-order valence-electron chi connectivity index (χ2n) is 5.13. The lowest BCUT2D eigenvalue weighted by Crippen LogP contribution is -2.26. The van der Waals surface area contributed by atoms with Crippen molar-refractivity contribution in [3.05, 3.63) is 57.2 Å². The van der Waals surface area contributed by atoms with Crippen molar-refractivity contribution in [3.63, 3.8) is 0 Å². The average Bonchev–Trinajstić information content (AvgIpc) is 2.54. The molecule has 0 fully saturated rings. The molecule has 3 nitrogen and oxygen atoms in total. The van der Waals surface area contributed by atoms with Crippen LogP contribution in [0.3, 0.4) is 0 Å². The van der Waals surface area contributed by atoms with Gasteiger partial charge in [-0.15, -0.1) is 0 Å². The number of benzene rings is 2. The maximum Gasteiger partial charge on any atom is 0.253 e. The van der Waals surface area contributed by atoms with E-state index >= 15 is 0 Å². The van der Waals surface area contributed by atoms with Crippen molar-refractivity contribution in [1.82, 2.24) is 4.90 Å². The Hall–Kier alpha value is -1.40. The number of ether oxygens (including phenoxy) is 1. The number of rotatable bonds is 5. The summed E-state index contributed by atoms with van der Waals surface area (Å²) in [6, 6.07) is 14.2. The van der Waals surface area contributed by atoms with Crippen LogP contribution in [0, 0.1) is 3.57 Å². The number of carbonyl (C=O) groups excluding carboxylic acids is 1. The Bertz CT molecular complexity index is 653. The Kier molecular flexibility index (Phi) is 5.97. The van der Waals surface area contributed by atoms with Crippen LogP contribution in [-0.4, -0.2) is 31.5 Å². The third-order valence-corrected chi connectivity index (χ3v) is 4.35. The molecule has 2 rings (SSSR count). The minimum atomic E-state index is 0.0361. The molecule has 4 heteroatoms. The molecule has 2 aromatic rings. The second-order valence-corrected chi connectivity index (χ2v) is 6.38. The van der Waals surface area contributed by atoms with Crippen LogP contribution in [-0.2, 0) is 11.3 Å². The fourth-order valence-corrected chi connectivity index (χ4v) is 2.64. The summed E-state index contributed by atoms with van der Waals surface area (Å²) in [5.74, 6) is 0.0361. The van der Waals surface area contributed by atoms with Crippen molar-refractivity contribution in [1.29, 1.82) is 0 Å². The number of methoxy groups -OCH3 is 1. The number of nitrogens with zero attached hydrogens (tertiary/aromatic N) is 1. The lowest BCUT2D eigenvalue weighted by Gasteiger charge is -2.16. The van der Waals surface area contributed by atoms with Crippen molar-refractivity contribution in [2.75, 3.05) is 20.7 Å². The first kappa shape index (κ1) is 17.0. The molecule has 2 aromatic carbocycles. The highest BCUT2D eigenvalue weighted by Gasteiger charge is 2.13. The highest BCUT2D eigenvalue weighted by Crippen LogP contribution is 2.26. The highest BCUT2D eigenvalue weighted by molar-refractivity contribution is 14.1. The van der Waals surface area contributed by atoms with Crippen LogP contribution in [0.1, 0.15) is 22.8 Å². The predicted octanol–water partition coefficient (Wildman–Crippen LogP) is 4.20. The number of halogens is 1. The fraction of sp³-hybridized carbons (Fsp3) is 0.278. The molecule has 0 spiro atoms. The molecule has 0 aromatic heterocycles. The summed E-state index contributed by atoms with van der Waals surface area (Å²) >= 11 is 2.29. The molecule has 116 valence electrons. The summed E-state index contributed by atoms with van der Waals surface area (Å²) in [6.45, 7) is 3.14. The van der Waals surface area contributed by atoms with Gasteiger partial charge in [0.2, 0.25) is 0 Å². The van der Waals surface area contributed by atoms with Crippen molar-refractivity contribution in [3.8, 4) is 11.1 Å². The molecule has 0 bridgehead atoms. The van der Waals surface area contributed by atoms with E-state index in [9.17, 15) is 4.79 Å². The van der Waals surface area contributed by atoms with Crippen LogP contribution in [0.15, 0.2) is 42.5 Å². The maximum absolute atomic E-state index is 12.3. The van der Waals surface area contributed by atoms with Crippen LogP contribution in [0.5, 0.6) is 0 Å². The molecule has 0 unspecified atom stereocenters. The Balaban J connectivity index is 2.43. The van der Waals surface area contributed by atoms with Crippen molar-refractivity contribution < 1.29 is 9.53 Å². The maximum atomic E-state index is 12.3. The van der Waals surface area contributed by atoms with Gasteiger partial charge in [0.25, 0.3) is 5.91 Å². The van der Waals surface area contributed by atoms with E-state index in [0.29, 0.717) is 18.7 Å². The normalized spacial score (nSPS) is 10.5. The SMILES string of the molecule is CCN(C)C(=O)c1ccc(-c2ccc(I)cc2)c(COC)c1. The zero-order valence-corrected chi connectivity index (χ0v) is 15.3. The minimum Gasteiger partial charge on any atom is -0.380 e. The summed E-state index contributed by atoms with van der Waals surface area (Å²) in [5, 5.41) is 0. The summed E-state index contributed by atoms with van der Waals surface area (Å²) in [4.78, 5) is 14.0. The first-order valence-corrected chi connectivity index (χ1v) is 8.28. The predicted molar refractivity (Wildman–Crippen MR) is 97.9 cm³/mol. The van der Waals surface area contributed by atoms with Crippen molar-refractivity contribution in [2.24, 2.45) is 0 Å². The summed E-state index contributed by atoms with van der Waals surface area (Å²) in [6.07, 6.45) is 0. The van der Waals surface area contributed by atoms with Crippen LogP contribution >= 0.6 is 22.6 Å². The van der Waals surface area contributed by atoms with Gasteiger partial charge in [-0.2, -0.15) is 0 Å². The standard InChI is InChI=1S/C18H20INO2/c1-4-20(2)18(21)14-7-10-17(15(11-14)12-22-3)13-5-8-16(19)9-6-13/h5-11H,4,12H2,1-3H3. The summed E-state index contributed by atoms with van der Waals surface area (Å²) in [7, 11) is 3.48. The van der Waals surface area contributed by atoms with E-state index in [4.69, 9.17) is 4.74 Å². The van der Waals surface area contributed by atoms with Gasteiger partial charge in [0.15, 0.2) is 0 Å². The van der Waals surface area contributed by atoms with Gasteiger partial charge in [-0.1, -0.05) is 18.2 Å². The van der Waals surface area contributed by atoms with Crippen molar-refractivity contribution in [2.45, 2.75) is 13.5 Å². The van der Waals surface area contributed by atoms with Gasteiger partial charge in [0, 0.05) is 29.8 Å². The fourth-order valence-electron chi connectivity index (χ4n) is 2.28. The molecule has 0 atom stereocenters. The van der Waals surface area contributed by atoms with Gasteiger partial charge in [-0.3, -0.25) is 4.79 Å². The quantitative estimate of drug-likeness (QED) is 0.693. The molecule has 1 amide bonds. The van der Waals surface area contributed by atoms with E-state index < -0.39 is 0 Å². The molecule has 0 aliphatic rings. The first-order valence-electron chi connectivity index (χ1n) is 7.20. The monoisotopic (exact) mass is 409 g/mol. The van der Waals surface area contributed by atoms with Gasteiger partial charge in [0.1, 0.15) is 0 Å². The van der Waals surface area contributed by atoms with Crippen LogP contribution < -0.4 is 0 Å². The molecular weight excluding hydrogens is 389 g/mol. The van der Waals surface area contributed by atoms with E-state index in [1.807, 2.05) is 32.2 Å². The average molecular weight is 409 g/mol. The lowest BCUT2D eigenvalue weighted by molar-refractivity contribution is 0.0802. The minimum absolute atomic E-state index is 0.0361. The second kappa shape index (κ2) is 7.74. The van der Waals surface area contributed by atoms with Crippen molar-refractivity contribution >= 4 is 28.5 Å². The Morgan fingerprint density at radius 1 is 1.18 bits per heavy atom. The molecule has 22 heavy (non-hydrogen) atoms. The van der Waals surface area contributed by atoms with Crippen LogP contribution in [0.2, 0.25) is 0 Å². The number of hydrogen-bond donors (Lipinski definition) is 0. The Labute approximate surface area is 145 Å². The smallest absolute Gasteiger partial charge is 0.253 e. The molecule has 0 heterocycles. The third-order valence-electron chi connectivity index (χ3n) is 3.63. The summed E-state index contributed by atoms with van der Waals surface area (Å²) in [5.41, 5.74) is 3.97. The topological polar surface area (TPSA) is 29.5 Å². The Morgan fingerprint density at radius 2 is 1.86 bits per heavy atom. The zero-order valence-electron chi connectivity index (χ0n) is 13.1. The van der Waals surface area contributed by atoms with E-state index in [1.54, 1.807) is 12.0 Å². The molecule has 0 aliphatic carbocycles. The number of hydrogen-bond acceptors (Lipinski definition) is 2. The van der Waals surface area contributed by atoms with Gasteiger partial charge in [0.05, 0.1) is 6.61 Å². The zero-order chi connectivity index (χ0) is 16.1. The molecular formula is C18H20INO2. The molecule has 0 radical (unpaired) electrons. The largest absolute Gasteiger partial charge is 0.380 e. The molecule has 0 N–H and O–H groups in total. The van der Waals surface area contributed by atoms with Gasteiger partial charge in [-0.25, -0.2) is 0 Å². The first-order chi connectivity index (χ1) is 10.6. The van der Waals surface area contributed by atoms with Gasteiger partial charge in [-0.05, 0) is 70.5 Å². The van der Waals surface area contributed by atoms with Crippen LogP contribution in [0.25, 0.3) is 11.1 Å². The van der Waals surface area contributed by atoms with E-state index in [1.165, 1.54) is 3.57 Å². The third kappa shape index (κ3) is 3.87.